The number of methoxy groups -OCH3 is 3. The summed E-state index contributed by atoms with van der Waals surface area (Å²) in [6.45, 7) is 1.33. The normalized spacial score (nSPS) is 26.4. The highest BCUT2D eigenvalue weighted by Gasteiger charge is 2.48. The number of hydrogen-bond acceptors (Lipinski definition) is 12. The van der Waals surface area contributed by atoms with Crippen LogP contribution in [0, 0.1) is 23.2 Å². The van der Waals surface area contributed by atoms with Crippen LogP contribution in [-0.2, 0) is 30.2 Å². The number of phenolic OH excluding ortho intramolecular Hbond substituents is 1. The molecule has 0 saturated carbocycles. The zero-order valence-corrected chi connectivity index (χ0v) is 23.0. The van der Waals surface area contributed by atoms with E-state index in [1.165, 1.54) is 21.3 Å². The van der Waals surface area contributed by atoms with Crippen LogP contribution < -0.4 is 18.9 Å². The number of aromatic hydroxyl groups is 1. The fraction of sp³-hybridized carbons (Fsp3) is 0.517. The Morgan fingerprint density at radius 3 is 2.34 bits per heavy atom. The van der Waals surface area contributed by atoms with Crippen molar-refractivity contribution >= 4 is 5.97 Å². The Balaban J connectivity index is 0.000000219. The van der Waals surface area contributed by atoms with Crippen molar-refractivity contribution in [2.45, 2.75) is 37.3 Å². The van der Waals surface area contributed by atoms with Crippen LogP contribution in [0.2, 0.25) is 0 Å². The SMILES string of the molecule is COC(C#N)OC1COCC(O)C1.COc1cc(C2c3cc4c(cc3CC3COC(=O)C32)OCO4)cc(OC)c1O. The number of aliphatic hydroxyl groups is 1. The topological polar surface area (TPSA) is 155 Å². The number of cyclic esters (lactones) is 1. The van der Waals surface area contributed by atoms with Crippen LogP contribution in [0.4, 0.5) is 0 Å². The molecular weight excluding hydrogens is 538 g/mol. The molecule has 2 N–H and O–H groups in total. The van der Waals surface area contributed by atoms with Gasteiger partial charge in [0.1, 0.15) is 6.07 Å². The largest absolute Gasteiger partial charge is 0.502 e. The minimum absolute atomic E-state index is 0.0685. The molecule has 6 rings (SSSR count). The molecule has 12 heteroatoms. The molecule has 0 amide bonds. The van der Waals surface area contributed by atoms with Gasteiger partial charge in [-0.05, 0) is 47.4 Å². The number of nitriles is 1. The van der Waals surface area contributed by atoms with Crippen molar-refractivity contribution in [2.24, 2.45) is 11.8 Å². The number of hydrogen-bond donors (Lipinski definition) is 2. The van der Waals surface area contributed by atoms with Crippen molar-refractivity contribution in [3.8, 4) is 34.8 Å². The fourth-order valence-electron chi connectivity index (χ4n) is 5.78. The maximum Gasteiger partial charge on any atom is 0.310 e. The number of carbonyl (C=O) groups is 1. The van der Waals surface area contributed by atoms with Gasteiger partial charge in [-0.25, -0.2) is 0 Å². The summed E-state index contributed by atoms with van der Waals surface area (Å²) in [5.41, 5.74) is 2.93. The van der Waals surface area contributed by atoms with Gasteiger partial charge in [0.2, 0.25) is 18.8 Å². The third-order valence-corrected chi connectivity index (χ3v) is 7.68. The molecule has 2 aromatic rings. The minimum Gasteiger partial charge on any atom is -0.502 e. The molecule has 220 valence electrons. The second-order valence-electron chi connectivity index (χ2n) is 10.2. The third kappa shape index (κ3) is 5.85. The first kappa shape index (κ1) is 28.8. The number of rotatable bonds is 6. The van der Waals surface area contributed by atoms with E-state index >= 15 is 0 Å². The van der Waals surface area contributed by atoms with Gasteiger partial charge in [-0.15, -0.1) is 0 Å². The minimum atomic E-state index is -0.876. The van der Waals surface area contributed by atoms with Crippen molar-refractivity contribution in [1.82, 2.24) is 0 Å². The Hall–Kier alpha value is -3.76. The molecule has 0 spiro atoms. The van der Waals surface area contributed by atoms with Gasteiger partial charge in [-0.3, -0.25) is 4.79 Å². The van der Waals surface area contributed by atoms with Crippen molar-refractivity contribution in [1.29, 1.82) is 5.26 Å². The van der Waals surface area contributed by atoms with Crippen molar-refractivity contribution in [2.75, 3.05) is 47.9 Å². The van der Waals surface area contributed by atoms with Gasteiger partial charge in [0, 0.05) is 25.4 Å². The summed E-state index contributed by atoms with van der Waals surface area (Å²) in [6.07, 6.45) is -0.408. The average Bonchev–Trinajstić information content (AvgIpc) is 3.59. The quantitative estimate of drug-likeness (QED) is 0.386. The van der Waals surface area contributed by atoms with E-state index in [1.54, 1.807) is 12.1 Å². The lowest BCUT2D eigenvalue weighted by Crippen LogP contribution is -2.37. The van der Waals surface area contributed by atoms with Gasteiger partial charge in [-0.1, -0.05) is 0 Å². The maximum absolute atomic E-state index is 12.6. The van der Waals surface area contributed by atoms with Gasteiger partial charge >= 0.3 is 5.97 Å². The second-order valence-corrected chi connectivity index (χ2v) is 10.2. The first-order chi connectivity index (χ1) is 19.9. The number of esters is 1. The molecule has 2 fully saturated rings. The van der Waals surface area contributed by atoms with E-state index in [9.17, 15) is 15.0 Å². The van der Waals surface area contributed by atoms with Crippen LogP contribution in [0.15, 0.2) is 24.3 Å². The lowest BCUT2D eigenvalue weighted by atomic mass is 9.67. The number of phenols is 1. The van der Waals surface area contributed by atoms with Crippen LogP contribution in [0.1, 0.15) is 29.0 Å². The van der Waals surface area contributed by atoms with Crippen LogP contribution >= 0.6 is 0 Å². The molecule has 2 aromatic carbocycles. The van der Waals surface area contributed by atoms with E-state index < -0.39 is 12.4 Å². The second kappa shape index (κ2) is 12.4. The first-order valence-electron chi connectivity index (χ1n) is 13.2. The third-order valence-electron chi connectivity index (χ3n) is 7.68. The highest BCUT2D eigenvalue weighted by molar-refractivity contribution is 5.78. The van der Waals surface area contributed by atoms with E-state index in [1.807, 2.05) is 18.2 Å². The molecule has 41 heavy (non-hydrogen) atoms. The number of carbonyl (C=O) groups excluding carboxylic acids is 1. The molecular formula is C29H33NO11. The Kier molecular flexibility index (Phi) is 8.70. The first-order valence-corrected chi connectivity index (χ1v) is 13.2. The maximum atomic E-state index is 12.6. The number of aliphatic hydroxyl groups excluding tert-OH is 1. The Morgan fingerprint density at radius 1 is 1.00 bits per heavy atom. The summed E-state index contributed by atoms with van der Waals surface area (Å²) in [5, 5.41) is 28.0. The molecule has 4 aliphatic rings. The highest BCUT2D eigenvalue weighted by atomic mass is 16.7. The van der Waals surface area contributed by atoms with Crippen molar-refractivity contribution in [3.63, 3.8) is 0 Å². The zero-order valence-electron chi connectivity index (χ0n) is 23.0. The molecule has 0 bridgehead atoms. The average molecular weight is 572 g/mol. The predicted molar refractivity (Wildman–Crippen MR) is 140 cm³/mol. The van der Waals surface area contributed by atoms with E-state index in [4.69, 9.17) is 43.2 Å². The lowest BCUT2D eigenvalue weighted by molar-refractivity contribution is -0.170. The molecule has 0 aromatic heterocycles. The number of fused-ring (bicyclic) bond motifs is 3. The molecule has 12 nitrogen and oxygen atoms in total. The van der Waals surface area contributed by atoms with Crippen LogP contribution in [0.25, 0.3) is 0 Å². The van der Waals surface area contributed by atoms with Gasteiger partial charge in [0.15, 0.2) is 23.0 Å². The van der Waals surface area contributed by atoms with Gasteiger partial charge in [0.05, 0.1) is 52.2 Å². The Bertz CT molecular complexity index is 1280. The van der Waals surface area contributed by atoms with E-state index in [0.29, 0.717) is 43.5 Å². The summed E-state index contributed by atoms with van der Waals surface area (Å²) >= 11 is 0. The van der Waals surface area contributed by atoms with E-state index in [2.05, 4.69) is 0 Å². The Morgan fingerprint density at radius 2 is 1.71 bits per heavy atom. The van der Waals surface area contributed by atoms with Gasteiger partial charge in [-0.2, -0.15) is 5.26 Å². The molecule has 3 aliphatic heterocycles. The molecule has 6 unspecified atom stereocenters. The standard InChI is InChI=1S/C21H20O7.C8H13NO4/c1-24-16-5-11(6-17(25-2)20(16)22)18-13-7-15-14(27-9-28-15)4-10(13)3-12-8-26-21(23)19(12)18;1-11-8(3-9)13-7-2-6(10)4-12-5-7/h4-7,12,18-19,22H,3,8-9H2,1-2H3;6-8,10H,2,4-5H2,1H3. The Labute approximate surface area is 237 Å². The molecule has 2 saturated heterocycles. The highest BCUT2D eigenvalue weighted by Crippen LogP contribution is 2.52. The number of ether oxygens (including phenoxy) is 8. The van der Waals surface area contributed by atoms with E-state index in [0.717, 1.165) is 28.9 Å². The zero-order chi connectivity index (χ0) is 29.1. The molecule has 3 heterocycles. The van der Waals surface area contributed by atoms with Crippen LogP contribution in [0.3, 0.4) is 0 Å². The summed E-state index contributed by atoms with van der Waals surface area (Å²) in [4.78, 5) is 12.6. The molecule has 0 radical (unpaired) electrons. The van der Waals surface area contributed by atoms with Gasteiger partial charge in [0.25, 0.3) is 0 Å². The number of benzene rings is 2. The molecule has 1 aliphatic carbocycles. The smallest absolute Gasteiger partial charge is 0.310 e. The lowest BCUT2D eigenvalue weighted by Gasteiger charge is -2.33. The summed E-state index contributed by atoms with van der Waals surface area (Å²) < 4.78 is 42.1. The van der Waals surface area contributed by atoms with Crippen LogP contribution in [0.5, 0.6) is 28.7 Å². The summed E-state index contributed by atoms with van der Waals surface area (Å²) in [6, 6.07) is 9.29. The van der Waals surface area contributed by atoms with Gasteiger partial charge < -0.3 is 48.1 Å². The van der Waals surface area contributed by atoms with Crippen molar-refractivity contribution in [3.05, 3.63) is 41.0 Å². The van der Waals surface area contributed by atoms with Crippen LogP contribution in [-0.4, -0.2) is 82.6 Å². The predicted octanol–water partition coefficient (Wildman–Crippen LogP) is 2.26. The van der Waals surface area contributed by atoms with E-state index in [-0.39, 0.29) is 42.4 Å². The number of nitrogens with zero attached hydrogens (tertiary/aromatic N) is 1. The summed E-state index contributed by atoms with van der Waals surface area (Å²) in [5.74, 6) is 1.22. The van der Waals surface area contributed by atoms with Crippen molar-refractivity contribution < 1.29 is 52.9 Å². The summed E-state index contributed by atoms with van der Waals surface area (Å²) in [7, 11) is 4.36. The fourth-order valence-corrected chi connectivity index (χ4v) is 5.78. The molecule has 6 atom stereocenters. The monoisotopic (exact) mass is 571 g/mol.